The molecule has 0 aliphatic heterocycles. The number of hydrogen-bond donors (Lipinski definition) is 0. The normalized spacial score (nSPS) is 10.7. The highest BCUT2D eigenvalue weighted by Gasteiger charge is 2.14. The Morgan fingerprint density at radius 1 is 1.06 bits per heavy atom. The van der Waals surface area contributed by atoms with Crippen LogP contribution in [0.4, 0.5) is 0 Å². The Bertz CT molecular complexity index is 723. The number of aromatic nitrogens is 2. The largest absolute Gasteiger partial charge is 0.287 e. The SMILES string of the molecule is Cn1ccc(C(=O)c2cccc3ccccc23)n1. The highest BCUT2D eigenvalue weighted by atomic mass is 16.1. The van der Waals surface area contributed by atoms with Gasteiger partial charge in [0.15, 0.2) is 0 Å². The molecule has 0 saturated heterocycles. The number of nitrogens with zero attached hydrogens (tertiary/aromatic N) is 2. The highest BCUT2D eigenvalue weighted by Crippen LogP contribution is 2.20. The average Bonchev–Trinajstić information content (AvgIpc) is 2.84. The molecule has 88 valence electrons. The van der Waals surface area contributed by atoms with E-state index in [0.717, 1.165) is 10.8 Å². The molecule has 0 fully saturated rings. The van der Waals surface area contributed by atoms with E-state index in [1.807, 2.05) is 42.5 Å². The van der Waals surface area contributed by atoms with Crippen molar-refractivity contribution in [3.8, 4) is 0 Å². The molecule has 2 aromatic carbocycles. The molecule has 3 aromatic rings. The first-order valence-corrected chi connectivity index (χ1v) is 5.78. The zero-order valence-electron chi connectivity index (χ0n) is 10.00. The van der Waals surface area contributed by atoms with Crippen LogP contribution in [0.1, 0.15) is 16.1 Å². The van der Waals surface area contributed by atoms with Crippen molar-refractivity contribution in [3.05, 3.63) is 66.0 Å². The van der Waals surface area contributed by atoms with Gasteiger partial charge in [0.05, 0.1) is 0 Å². The van der Waals surface area contributed by atoms with Gasteiger partial charge in [-0.2, -0.15) is 5.10 Å². The van der Waals surface area contributed by atoms with Crippen LogP contribution in [0.5, 0.6) is 0 Å². The first kappa shape index (κ1) is 10.7. The van der Waals surface area contributed by atoms with Gasteiger partial charge >= 0.3 is 0 Å². The molecule has 1 heterocycles. The number of carbonyl (C=O) groups excluding carboxylic acids is 1. The predicted octanol–water partition coefficient (Wildman–Crippen LogP) is 2.80. The van der Waals surface area contributed by atoms with Crippen molar-refractivity contribution in [2.75, 3.05) is 0 Å². The van der Waals surface area contributed by atoms with E-state index in [0.29, 0.717) is 11.3 Å². The van der Waals surface area contributed by atoms with Gasteiger partial charge in [-0.3, -0.25) is 9.48 Å². The van der Waals surface area contributed by atoms with Crippen molar-refractivity contribution in [2.24, 2.45) is 7.05 Å². The minimum atomic E-state index is -0.0348. The molecule has 0 N–H and O–H groups in total. The minimum Gasteiger partial charge on any atom is -0.287 e. The van der Waals surface area contributed by atoms with Crippen molar-refractivity contribution in [2.45, 2.75) is 0 Å². The van der Waals surface area contributed by atoms with Gasteiger partial charge in [-0.1, -0.05) is 42.5 Å². The number of ketones is 1. The molecule has 18 heavy (non-hydrogen) atoms. The summed E-state index contributed by atoms with van der Waals surface area (Å²) < 4.78 is 1.64. The van der Waals surface area contributed by atoms with Crippen molar-refractivity contribution >= 4 is 16.6 Å². The molecular formula is C15H12N2O. The molecule has 0 amide bonds. The summed E-state index contributed by atoms with van der Waals surface area (Å²) >= 11 is 0. The van der Waals surface area contributed by atoms with Crippen LogP contribution in [0.3, 0.4) is 0 Å². The van der Waals surface area contributed by atoms with Crippen LogP contribution in [-0.2, 0) is 7.05 Å². The van der Waals surface area contributed by atoms with E-state index in [1.165, 1.54) is 0 Å². The molecule has 1 aromatic heterocycles. The second-order valence-electron chi connectivity index (χ2n) is 4.23. The van der Waals surface area contributed by atoms with Gasteiger partial charge in [0.2, 0.25) is 5.78 Å². The molecule has 0 aliphatic carbocycles. The fourth-order valence-electron chi connectivity index (χ4n) is 2.10. The quantitative estimate of drug-likeness (QED) is 0.641. The number of carbonyl (C=O) groups is 1. The van der Waals surface area contributed by atoms with Gasteiger partial charge < -0.3 is 0 Å². The maximum atomic E-state index is 12.4. The van der Waals surface area contributed by atoms with E-state index in [1.54, 1.807) is 24.0 Å². The summed E-state index contributed by atoms with van der Waals surface area (Å²) in [7, 11) is 1.81. The van der Waals surface area contributed by atoms with E-state index < -0.39 is 0 Å². The fourth-order valence-corrected chi connectivity index (χ4v) is 2.10. The van der Waals surface area contributed by atoms with E-state index in [2.05, 4.69) is 5.10 Å². The van der Waals surface area contributed by atoms with Gasteiger partial charge in [0, 0.05) is 18.8 Å². The van der Waals surface area contributed by atoms with Gasteiger partial charge in [-0.15, -0.1) is 0 Å². The standard InChI is InChI=1S/C15H12N2O/c1-17-10-9-14(16-17)15(18)13-8-4-6-11-5-2-3-7-12(11)13/h2-10H,1H3. The Kier molecular flexibility index (Phi) is 2.45. The predicted molar refractivity (Wildman–Crippen MR) is 70.6 cm³/mol. The lowest BCUT2D eigenvalue weighted by atomic mass is 10.00. The Hall–Kier alpha value is -2.42. The topological polar surface area (TPSA) is 34.9 Å². The molecular weight excluding hydrogens is 224 g/mol. The van der Waals surface area contributed by atoms with E-state index >= 15 is 0 Å². The van der Waals surface area contributed by atoms with Crippen molar-refractivity contribution in [3.63, 3.8) is 0 Å². The summed E-state index contributed by atoms with van der Waals surface area (Å²) in [6, 6.07) is 15.4. The van der Waals surface area contributed by atoms with E-state index in [4.69, 9.17) is 0 Å². The summed E-state index contributed by atoms with van der Waals surface area (Å²) in [5, 5.41) is 6.20. The Morgan fingerprint density at radius 2 is 1.83 bits per heavy atom. The number of benzene rings is 2. The molecule has 0 aliphatic rings. The maximum Gasteiger partial charge on any atom is 0.213 e. The van der Waals surface area contributed by atoms with Gasteiger partial charge in [0.25, 0.3) is 0 Å². The first-order valence-electron chi connectivity index (χ1n) is 5.78. The molecule has 0 bridgehead atoms. The van der Waals surface area contributed by atoms with E-state index in [-0.39, 0.29) is 5.78 Å². The first-order chi connectivity index (χ1) is 8.75. The number of fused-ring (bicyclic) bond motifs is 1. The number of rotatable bonds is 2. The molecule has 3 nitrogen and oxygen atoms in total. The van der Waals surface area contributed by atoms with Crippen LogP contribution < -0.4 is 0 Å². The summed E-state index contributed by atoms with van der Waals surface area (Å²) in [6.45, 7) is 0. The summed E-state index contributed by atoms with van der Waals surface area (Å²) in [5.41, 5.74) is 1.18. The molecule has 0 spiro atoms. The molecule has 3 heteroatoms. The lowest BCUT2D eigenvalue weighted by Crippen LogP contribution is -2.04. The van der Waals surface area contributed by atoms with Crippen molar-refractivity contribution in [1.82, 2.24) is 9.78 Å². The second-order valence-corrected chi connectivity index (χ2v) is 4.23. The molecule has 0 saturated carbocycles. The van der Waals surface area contributed by atoms with Crippen LogP contribution in [0.15, 0.2) is 54.7 Å². The zero-order chi connectivity index (χ0) is 12.5. The third-order valence-electron chi connectivity index (χ3n) is 2.98. The lowest BCUT2D eigenvalue weighted by Gasteiger charge is -2.03. The average molecular weight is 236 g/mol. The van der Waals surface area contributed by atoms with Crippen molar-refractivity contribution in [1.29, 1.82) is 0 Å². The fraction of sp³-hybridized carbons (Fsp3) is 0.0667. The smallest absolute Gasteiger partial charge is 0.213 e. The number of hydrogen-bond acceptors (Lipinski definition) is 2. The van der Waals surface area contributed by atoms with Crippen LogP contribution in [0, 0.1) is 0 Å². The van der Waals surface area contributed by atoms with E-state index in [9.17, 15) is 4.79 Å². The van der Waals surface area contributed by atoms with Crippen LogP contribution in [-0.4, -0.2) is 15.6 Å². The monoisotopic (exact) mass is 236 g/mol. The molecule has 0 radical (unpaired) electrons. The highest BCUT2D eigenvalue weighted by molar-refractivity contribution is 6.15. The molecule has 0 unspecified atom stereocenters. The Balaban J connectivity index is 2.17. The van der Waals surface area contributed by atoms with Crippen molar-refractivity contribution < 1.29 is 4.79 Å². The Labute approximate surface area is 105 Å². The summed E-state index contributed by atoms with van der Waals surface area (Å²) in [4.78, 5) is 12.4. The summed E-state index contributed by atoms with van der Waals surface area (Å²) in [6.07, 6.45) is 1.78. The third kappa shape index (κ3) is 1.70. The molecule has 3 rings (SSSR count). The van der Waals surface area contributed by atoms with Gasteiger partial charge in [0.1, 0.15) is 5.69 Å². The van der Waals surface area contributed by atoms with Gasteiger partial charge in [-0.05, 0) is 16.8 Å². The minimum absolute atomic E-state index is 0.0348. The lowest BCUT2D eigenvalue weighted by molar-refractivity contribution is 0.103. The third-order valence-corrected chi connectivity index (χ3v) is 2.98. The van der Waals surface area contributed by atoms with Crippen LogP contribution in [0.2, 0.25) is 0 Å². The Morgan fingerprint density at radius 3 is 2.61 bits per heavy atom. The molecule has 0 atom stereocenters. The van der Waals surface area contributed by atoms with Crippen LogP contribution in [0.25, 0.3) is 10.8 Å². The van der Waals surface area contributed by atoms with Gasteiger partial charge in [-0.25, -0.2) is 0 Å². The summed E-state index contributed by atoms with van der Waals surface area (Å²) in [5.74, 6) is -0.0348. The second kappa shape index (κ2) is 4.11. The number of aryl methyl sites for hydroxylation is 1. The van der Waals surface area contributed by atoms with Crippen LogP contribution >= 0.6 is 0 Å². The maximum absolute atomic E-state index is 12.4. The zero-order valence-corrected chi connectivity index (χ0v) is 10.00.